The fourth-order valence-corrected chi connectivity index (χ4v) is 0.817. The Balaban J connectivity index is 3.76. The van der Waals surface area contributed by atoms with Gasteiger partial charge in [0.1, 0.15) is 0 Å². The molecule has 2 radical (unpaired) electrons. The molecule has 0 nitrogen and oxygen atoms in total. The average molecular weight is 177 g/mol. The van der Waals surface area contributed by atoms with E-state index in [4.69, 9.17) is 7.74 Å². The Bertz CT molecular complexity index is 302. The topological polar surface area (TPSA) is 0 Å². The van der Waals surface area contributed by atoms with Gasteiger partial charge in [-0.2, -0.15) is 0 Å². The Labute approximate surface area is 108 Å². The van der Waals surface area contributed by atoms with Gasteiger partial charge in [-0.15, -0.1) is 0 Å². The Kier molecular flexibility index (Phi) is 16.9. The normalized spacial score (nSPS) is 7.31. The van der Waals surface area contributed by atoms with Crippen LogP contribution in [-0.4, -0.2) is 102 Å². The first-order valence-corrected chi connectivity index (χ1v) is 5.24. The minimum absolute atomic E-state index is 1.50. The van der Waals surface area contributed by atoms with Crippen LogP contribution in [0, 0.1) is 0 Å². The minimum atomic E-state index is 1.50. The van der Waals surface area contributed by atoms with E-state index in [0.29, 0.717) is 0 Å². The van der Waals surface area contributed by atoms with Gasteiger partial charge in [-0.05, 0) is 0 Å². The van der Waals surface area contributed by atoms with Crippen molar-refractivity contribution in [2.75, 3.05) is 0 Å². The molecule has 0 aromatic carbocycles. The molecule has 0 unspecified atom stereocenters. The third kappa shape index (κ3) is 15.0. The molecule has 0 saturated heterocycles. The van der Waals surface area contributed by atoms with Gasteiger partial charge in [-0.3, -0.25) is 0 Å². The van der Waals surface area contributed by atoms with Crippen molar-refractivity contribution in [1.29, 1.82) is 0 Å². The van der Waals surface area contributed by atoms with Gasteiger partial charge in [0, 0.05) is 0 Å². The van der Waals surface area contributed by atoms with E-state index in [1.165, 1.54) is 6.69 Å². The standard InChI is InChI=1S/CH3B15/c1-3-5-7-9-11-13-15-16-14-12-10-8-6-4-2/h1H3. The average Bonchev–Trinajstić information content (AvgIpc) is 2.31. The molecule has 15 heteroatoms. The van der Waals surface area contributed by atoms with Crippen LogP contribution >= 0.6 is 0 Å². The molecule has 0 aromatic heterocycles. The molecule has 0 aliphatic carbocycles. The second-order valence-electron chi connectivity index (χ2n) is 2.84. The summed E-state index contributed by atoms with van der Waals surface area (Å²) in [5.41, 5.74) is 0. The molecule has 0 fully saturated rings. The van der Waals surface area contributed by atoms with Gasteiger partial charge < -0.3 is 0 Å². The molecule has 0 aliphatic rings. The van der Waals surface area contributed by atoms with Crippen molar-refractivity contribution in [3.05, 3.63) is 0 Å². The maximum absolute atomic E-state index is 5.17. The summed E-state index contributed by atoms with van der Waals surface area (Å²) in [6.07, 6.45) is 0. The second-order valence-corrected chi connectivity index (χ2v) is 2.84. The Morgan fingerprint density at radius 1 is 0.500 bits per heavy atom. The van der Waals surface area contributed by atoms with Crippen LogP contribution in [0.3, 0.4) is 0 Å². The zero-order valence-electron chi connectivity index (χ0n) is 9.66. The van der Waals surface area contributed by atoms with Gasteiger partial charge in [0.25, 0.3) is 0 Å². The molecule has 0 bridgehead atoms. The Morgan fingerprint density at radius 2 is 0.812 bits per heavy atom. The summed E-state index contributed by atoms with van der Waals surface area (Å²) in [6, 6.07) is 0. The van der Waals surface area contributed by atoms with Gasteiger partial charge in [-0.25, -0.2) is 0 Å². The molecule has 0 spiro atoms. The van der Waals surface area contributed by atoms with Crippen molar-refractivity contribution in [1.82, 2.24) is 0 Å². The Morgan fingerprint density at radius 3 is 1.12 bits per heavy atom. The van der Waals surface area contributed by atoms with Crippen LogP contribution < -0.4 is 0 Å². The fourth-order valence-electron chi connectivity index (χ4n) is 0.817. The first-order valence-electron chi connectivity index (χ1n) is 5.24. The van der Waals surface area contributed by atoms with Gasteiger partial charge in [0.05, 0.1) is 0 Å². The van der Waals surface area contributed by atoms with Crippen LogP contribution in [0.5, 0.6) is 0 Å². The van der Waals surface area contributed by atoms with Gasteiger partial charge in [0.15, 0.2) is 0 Å². The fraction of sp³-hybridized carbons (Fsp3) is 1.00. The monoisotopic (exact) mass is 180 g/mol. The summed E-state index contributed by atoms with van der Waals surface area (Å²) in [6.45, 7) is 28.8. The number of hydrogen-bond donors (Lipinski definition) is 0. The molecule has 0 atom stereocenters. The van der Waals surface area contributed by atoms with Crippen LogP contribution in [0.4, 0.5) is 0 Å². The second kappa shape index (κ2) is 16.0. The maximum atomic E-state index is 5.17. The summed E-state index contributed by atoms with van der Waals surface area (Å²) in [5, 5.41) is 0. The van der Waals surface area contributed by atoms with Crippen LogP contribution in [0.15, 0.2) is 0 Å². The summed E-state index contributed by atoms with van der Waals surface area (Å²) in [7, 11) is 5.17. The first kappa shape index (κ1) is 17.0. The summed E-state index contributed by atoms with van der Waals surface area (Å²) >= 11 is 0. The van der Waals surface area contributed by atoms with Gasteiger partial charge >= 0.3 is 108 Å². The summed E-state index contributed by atoms with van der Waals surface area (Å²) in [5.74, 6) is 0. The molecule has 52 valence electrons. The third-order valence-electron chi connectivity index (χ3n) is 1.53. The molecular formula is CH3B15. The predicted molar refractivity (Wildman–Crippen MR) is 92.2 cm³/mol. The van der Waals surface area contributed by atoms with E-state index in [1.807, 2.05) is 87.2 Å². The van der Waals surface area contributed by atoms with Crippen LogP contribution in [0.25, 0.3) is 0 Å². The van der Waals surface area contributed by atoms with Gasteiger partial charge in [-0.1, -0.05) is 0 Å². The molecule has 0 N–H and O–H groups in total. The van der Waals surface area contributed by atoms with E-state index >= 15 is 0 Å². The van der Waals surface area contributed by atoms with Gasteiger partial charge in [0.2, 0.25) is 0 Å². The van der Waals surface area contributed by atoms with E-state index in [-0.39, 0.29) is 0 Å². The Hall–Kier alpha value is 0.974. The molecule has 0 heterocycles. The zero-order chi connectivity index (χ0) is 11.9. The van der Waals surface area contributed by atoms with Crippen molar-refractivity contribution in [3.63, 3.8) is 0 Å². The van der Waals surface area contributed by atoms with E-state index in [1.54, 1.807) is 6.69 Å². The van der Waals surface area contributed by atoms with Crippen LogP contribution in [-0.2, 0) is 0 Å². The first-order chi connectivity index (χ1) is 7.91. The third-order valence-corrected chi connectivity index (χ3v) is 1.53. The molecule has 0 rings (SSSR count). The molecule has 16 heavy (non-hydrogen) atoms. The van der Waals surface area contributed by atoms with E-state index in [9.17, 15) is 0 Å². The van der Waals surface area contributed by atoms with E-state index in [0.717, 1.165) is 0 Å². The van der Waals surface area contributed by atoms with Crippen LogP contribution in [0.2, 0.25) is 6.82 Å². The van der Waals surface area contributed by atoms with Crippen molar-refractivity contribution in [2.24, 2.45) is 0 Å². The molecule has 0 saturated carbocycles. The van der Waals surface area contributed by atoms with Crippen molar-refractivity contribution >= 4 is 102 Å². The molecule has 0 aromatic rings. The summed E-state index contributed by atoms with van der Waals surface area (Å²) < 4.78 is 0. The van der Waals surface area contributed by atoms with Crippen LogP contribution in [0.1, 0.15) is 0 Å². The molecule has 0 amide bonds. The van der Waals surface area contributed by atoms with E-state index < -0.39 is 0 Å². The number of rotatable bonds is 6. The zero-order valence-corrected chi connectivity index (χ0v) is 9.66. The van der Waals surface area contributed by atoms with E-state index in [2.05, 4.69) is 0 Å². The SMILES string of the molecule is [B]B=BB=BB=BB=BB=BB=BB=BC. The van der Waals surface area contributed by atoms with Crippen molar-refractivity contribution < 1.29 is 0 Å². The summed E-state index contributed by atoms with van der Waals surface area (Å²) in [4.78, 5) is 0. The predicted octanol–water partition coefficient (Wildman–Crippen LogP) is -5.13. The molecule has 0 aliphatic heterocycles. The number of hydrogen-bond acceptors (Lipinski definition) is 0. The van der Waals surface area contributed by atoms with Crippen molar-refractivity contribution in [3.8, 4) is 0 Å². The van der Waals surface area contributed by atoms with Crippen molar-refractivity contribution in [2.45, 2.75) is 6.82 Å². The quantitative estimate of drug-likeness (QED) is 0.356. The molecular weight excluding hydrogens is 174 g/mol.